The Hall–Kier alpha value is -6.13. The van der Waals surface area contributed by atoms with Crippen molar-refractivity contribution in [2.75, 3.05) is 0 Å². The van der Waals surface area contributed by atoms with Crippen molar-refractivity contribution in [3.8, 4) is 45.3 Å². The molecule has 0 aliphatic rings. The molecule has 0 spiro atoms. The third kappa shape index (κ3) is 4.27. The zero-order chi connectivity index (χ0) is 29.7. The second-order valence-corrected chi connectivity index (χ2v) is 11.2. The standard InChI is InChI=1S/C41H25N3O/c1-2-12-27(13-3-1)39-42-40(29-22-21-26-11-4-5-14-28(26)25-29)44-41(43-39)36-24-23-32(30-15-6-7-16-31(30)36)34-18-10-19-35-33-17-8-9-20-37(33)45-38(34)35/h1-25H. The van der Waals surface area contributed by atoms with Crippen molar-refractivity contribution in [3.05, 3.63) is 152 Å². The van der Waals surface area contributed by atoms with Gasteiger partial charge in [0.15, 0.2) is 17.5 Å². The van der Waals surface area contributed by atoms with E-state index in [1.54, 1.807) is 0 Å². The predicted octanol–water partition coefficient (Wildman–Crippen LogP) is 10.7. The summed E-state index contributed by atoms with van der Waals surface area (Å²) < 4.78 is 6.43. The molecule has 0 radical (unpaired) electrons. The Morgan fingerprint density at radius 2 is 0.978 bits per heavy atom. The summed E-state index contributed by atoms with van der Waals surface area (Å²) in [6.45, 7) is 0. The Labute approximate surface area is 259 Å². The van der Waals surface area contributed by atoms with Crippen molar-refractivity contribution >= 4 is 43.5 Å². The van der Waals surface area contributed by atoms with E-state index in [0.29, 0.717) is 17.5 Å². The average Bonchev–Trinajstić information content (AvgIpc) is 3.50. The molecule has 2 aromatic heterocycles. The first-order valence-electron chi connectivity index (χ1n) is 15.0. The summed E-state index contributed by atoms with van der Waals surface area (Å²) in [6, 6.07) is 52.2. The third-order valence-electron chi connectivity index (χ3n) is 8.53. The van der Waals surface area contributed by atoms with Crippen LogP contribution in [0.5, 0.6) is 0 Å². The third-order valence-corrected chi connectivity index (χ3v) is 8.53. The molecule has 9 rings (SSSR count). The van der Waals surface area contributed by atoms with E-state index in [4.69, 9.17) is 19.4 Å². The van der Waals surface area contributed by atoms with Gasteiger partial charge in [-0.25, -0.2) is 15.0 Å². The lowest BCUT2D eigenvalue weighted by Crippen LogP contribution is -2.00. The van der Waals surface area contributed by atoms with Gasteiger partial charge in [-0.15, -0.1) is 0 Å². The van der Waals surface area contributed by atoms with Crippen molar-refractivity contribution in [2.24, 2.45) is 0 Å². The van der Waals surface area contributed by atoms with E-state index in [-0.39, 0.29) is 0 Å². The summed E-state index contributed by atoms with van der Waals surface area (Å²) in [4.78, 5) is 15.1. The van der Waals surface area contributed by atoms with Crippen LogP contribution in [-0.2, 0) is 0 Å². The Balaban J connectivity index is 1.27. The maximum atomic E-state index is 6.43. The average molecular weight is 576 g/mol. The minimum Gasteiger partial charge on any atom is -0.455 e. The lowest BCUT2D eigenvalue weighted by molar-refractivity contribution is 0.670. The molecular weight excluding hydrogens is 550 g/mol. The van der Waals surface area contributed by atoms with Crippen molar-refractivity contribution < 1.29 is 4.42 Å². The van der Waals surface area contributed by atoms with Crippen LogP contribution in [0.2, 0.25) is 0 Å². The largest absolute Gasteiger partial charge is 0.455 e. The van der Waals surface area contributed by atoms with Gasteiger partial charge in [-0.3, -0.25) is 0 Å². The second kappa shape index (κ2) is 10.2. The number of para-hydroxylation sites is 2. The van der Waals surface area contributed by atoms with Crippen LogP contribution in [0.3, 0.4) is 0 Å². The predicted molar refractivity (Wildman–Crippen MR) is 184 cm³/mol. The van der Waals surface area contributed by atoms with E-state index < -0.39 is 0 Å². The maximum absolute atomic E-state index is 6.43. The van der Waals surface area contributed by atoms with Crippen LogP contribution in [0.25, 0.3) is 88.8 Å². The topological polar surface area (TPSA) is 51.8 Å². The molecule has 4 nitrogen and oxygen atoms in total. The summed E-state index contributed by atoms with van der Waals surface area (Å²) in [7, 11) is 0. The molecule has 0 atom stereocenters. The Morgan fingerprint density at radius 3 is 1.82 bits per heavy atom. The zero-order valence-corrected chi connectivity index (χ0v) is 24.2. The summed E-state index contributed by atoms with van der Waals surface area (Å²) >= 11 is 0. The van der Waals surface area contributed by atoms with Crippen LogP contribution < -0.4 is 0 Å². The van der Waals surface area contributed by atoms with E-state index in [1.165, 1.54) is 5.39 Å². The first kappa shape index (κ1) is 25.4. The minimum atomic E-state index is 0.636. The number of furan rings is 1. The molecule has 45 heavy (non-hydrogen) atoms. The van der Waals surface area contributed by atoms with Crippen molar-refractivity contribution in [1.29, 1.82) is 0 Å². The van der Waals surface area contributed by atoms with E-state index in [2.05, 4.69) is 109 Å². The maximum Gasteiger partial charge on any atom is 0.164 e. The molecule has 210 valence electrons. The van der Waals surface area contributed by atoms with Gasteiger partial charge in [0.05, 0.1) is 0 Å². The van der Waals surface area contributed by atoms with Gasteiger partial charge in [-0.2, -0.15) is 0 Å². The highest BCUT2D eigenvalue weighted by molar-refractivity contribution is 6.13. The molecule has 0 aliphatic heterocycles. The number of nitrogens with zero attached hydrogens (tertiary/aromatic N) is 3. The molecule has 0 fully saturated rings. The highest BCUT2D eigenvalue weighted by atomic mass is 16.3. The number of fused-ring (bicyclic) bond motifs is 5. The molecule has 2 heterocycles. The molecule has 0 aliphatic carbocycles. The van der Waals surface area contributed by atoms with Gasteiger partial charge < -0.3 is 4.42 Å². The fourth-order valence-electron chi connectivity index (χ4n) is 6.36. The quantitative estimate of drug-likeness (QED) is 0.209. The fourth-order valence-corrected chi connectivity index (χ4v) is 6.36. The highest BCUT2D eigenvalue weighted by Gasteiger charge is 2.18. The molecule has 0 unspecified atom stereocenters. The zero-order valence-electron chi connectivity index (χ0n) is 24.2. The normalized spacial score (nSPS) is 11.6. The number of aromatic nitrogens is 3. The summed E-state index contributed by atoms with van der Waals surface area (Å²) in [6.07, 6.45) is 0. The summed E-state index contributed by atoms with van der Waals surface area (Å²) in [5, 5.41) is 6.73. The fraction of sp³-hybridized carbons (Fsp3) is 0. The van der Waals surface area contributed by atoms with E-state index >= 15 is 0 Å². The Bertz CT molecular complexity index is 2550. The summed E-state index contributed by atoms with van der Waals surface area (Å²) in [5.74, 6) is 1.92. The van der Waals surface area contributed by atoms with Gasteiger partial charge >= 0.3 is 0 Å². The second-order valence-electron chi connectivity index (χ2n) is 11.2. The minimum absolute atomic E-state index is 0.636. The van der Waals surface area contributed by atoms with E-state index in [1.807, 2.05) is 42.5 Å². The Morgan fingerprint density at radius 1 is 0.356 bits per heavy atom. The van der Waals surface area contributed by atoms with Gasteiger partial charge in [0.25, 0.3) is 0 Å². The molecule has 0 N–H and O–H groups in total. The molecule has 0 amide bonds. The molecule has 4 heteroatoms. The highest BCUT2D eigenvalue weighted by Crippen LogP contribution is 2.40. The molecule has 7 aromatic carbocycles. The first-order valence-corrected chi connectivity index (χ1v) is 15.0. The first-order chi connectivity index (χ1) is 22.3. The van der Waals surface area contributed by atoms with Crippen molar-refractivity contribution in [3.63, 3.8) is 0 Å². The van der Waals surface area contributed by atoms with Gasteiger partial charge in [0, 0.05) is 33.0 Å². The lowest BCUT2D eigenvalue weighted by Gasteiger charge is -2.13. The Kier molecular flexibility index (Phi) is 5.78. The van der Waals surface area contributed by atoms with Crippen LogP contribution in [0, 0.1) is 0 Å². The van der Waals surface area contributed by atoms with Gasteiger partial charge in [0.2, 0.25) is 0 Å². The van der Waals surface area contributed by atoms with Crippen LogP contribution >= 0.6 is 0 Å². The van der Waals surface area contributed by atoms with Crippen molar-refractivity contribution in [1.82, 2.24) is 15.0 Å². The van der Waals surface area contributed by atoms with Crippen LogP contribution in [0.4, 0.5) is 0 Å². The monoisotopic (exact) mass is 575 g/mol. The number of rotatable bonds is 4. The van der Waals surface area contributed by atoms with Crippen LogP contribution in [-0.4, -0.2) is 15.0 Å². The number of benzene rings is 7. The molecule has 0 bridgehead atoms. The smallest absolute Gasteiger partial charge is 0.164 e. The van der Waals surface area contributed by atoms with Gasteiger partial charge in [0.1, 0.15) is 11.2 Å². The van der Waals surface area contributed by atoms with Gasteiger partial charge in [-0.1, -0.05) is 133 Å². The molecule has 9 aromatic rings. The van der Waals surface area contributed by atoms with E-state index in [9.17, 15) is 0 Å². The number of hydrogen-bond acceptors (Lipinski definition) is 4. The molecule has 0 saturated heterocycles. The molecule has 0 saturated carbocycles. The van der Waals surface area contributed by atoms with E-state index in [0.717, 1.165) is 65.9 Å². The van der Waals surface area contributed by atoms with Gasteiger partial charge in [-0.05, 0) is 45.3 Å². The van der Waals surface area contributed by atoms with Crippen LogP contribution in [0.15, 0.2) is 156 Å². The summed E-state index contributed by atoms with van der Waals surface area (Å²) in [5.41, 5.74) is 6.79. The van der Waals surface area contributed by atoms with Crippen molar-refractivity contribution in [2.45, 2.75) is 0 Å². The number of hydrogen-bond donors (Lipinski definition) is 0. The van der Waals surface area contributed by atoms with Crippen LogP contribution in [0.1, 0.15) is 0 Å². The SMILES string of the molecule is c1ccc(-c2nc(-c3ccc4ccccc4c3)nc(-c3ccc(-c4cccc5c4oc4ccccc45)c4ccccc34)n2)cc1. The lowest BCUT2D eigenvalue weighted by atomic mass is 9.93. The molecular formula is C41H25N3O.